The molecule has 7 aromatic carbocycles. The number of rotatable bonds is 10. The van der Waals surface area contributed by atoms with E-state index in [1.807, 2.05) is 72.8 Å². The third-order valence-electron chi connectivity index (χ3n) is 8.65. The quantitative estimate of drug-likeness (QED) is 0.0814. The molecule has 0 aliphatic heterocycles. The third kappa shape index (κ3) is 6.91. The maximum atomic E-state index is 12.5. The SMILES string of the molecule is C=C(C)C(=O)Oc1cccc(N(c2ccc(N(c3cccc(OC(=O)C(=C)C)c3)c3cccc4ccccc34)cc2)c2cccc3ccccc23)c1. The number of fused-ring (bicyclic) bond motifs is 2. The maximum Gasteiger partial charge on any atom is 0.338 e. The van der Waals surface area contributed by atoms with Crippen molar-refractivity contribution in [2.24, 2.45) is 0 Å². The third-order valence-corrected chi connectivity index (χ3v) is 8.65. The van der Waals surface area contributed by atoms with Crippen LogP contribution >= 0.6 is 0 Å². The normalized spacial score (nSPS) is 10.8. The van der Waals surface area contributed by atoms with Crippen molar-refractivity contribution in [3.8, 4) is 11.5 Å². The van der Waals surface area contributed by atoms with E-state index in [2.05, 4.69) is 95.8 Å². The van der Waals surface area contributed by atoms with Gasteiger partial charge in [0.05, 0.1) is 11.4 Å². The van der Waals surface area contributed by atoms with Gasteiger partial charge in [0.2, 0.25) is 0 Å². The molecule has 0 fully saturated rings. The highest BCUT2D eigenvalue weighted by atomic mass is 16.5. The molecule has 6 heteroatoms. The first-order valence-electron chi connectivity index (χ1n) is 16.9. The summed E-state index contributed by atoms with van der Waals surface area (Å²) in [6, 6.07) is 52.2. The average Bonchev–Trinajstić information content (AvgIpc) is 3.16. The monoisotopic (exact) mass is 680 g/mol. The minimum Gasteiger partial charge on any atom is -0.423 e. The van der Waals surface area contributed by atoms with Crippen LogP contribution in [0, 0.1) is 0 Å². The van der Waals surface area contributed by atoms with Gasteiger partial charge in [-0.15, -0.1) is 0 Å². The molecule has 0 amide bonds. The molecule has 0 N–H and O–H groups in total. The molecular weight excluding hydrogens is 645 g/mol. The molecule has 0 aromatic heterocycles. The fourth-order valence-electron chi connectivity index (χ4n) is 6.17. The van der Waals surface area contributed by atoms with Crippen molar-refractivity contribution in [3.05, 3.63) is 182 Å². The number of nitrogens with zero attached hydrogens (tertiary/aromatic N) is 2. The molecule has 7 aromatic rings. The van der Waals surface area contributed by atoms with E-state index in [0.717, 1.165) is 55.7 Å². The molecule has 0 radical (unpaired) electrons. The second-order valence-electron chi connectivity index (χ2n) is 12.5. The lowest BCUT2D eigenvalue weighted by Crippen LogP contribution is -2.14. The summed E-state index contributed by atoms with van der Waals surface area (Å²) in [7, 11) is 0. The summed E-state index contributed by atoms with van der Waals surface area (Å²) >= 11 is 0. The van der Waals surface area contributed by atoms with Gasteiger partial charge in [0.15, 0.2) is 0 Å². The Morgan fingerprint density at radius 3 is 1.21 bits per heavy atom. The molecule has 0 saturated heterocycles. The molecule has 0 heterocycles. The topological polar surface area (TPSA) is 59.1 Å². The predicted molar refractivity (Wildman–Crippen MR) is 212 cm³/mol. The van der Waals surface area contributed by atoms with Crippen LogP contribution < -0.4 is 19.3 Å². The molecule has 52 heavy (non-hydrogen) atoms. The first-order valence-corrected chi connectivity index (χ1v) is 16.9. The van der Waals surface area contributed by atoms with E-state index in [4.69, 9.17) is 9.47 Å². The van der Waals surface area contributed by atoms with Gasteiger partial charge in [-0.1, -0.05) is 98.1 Å². The van der Waals surface area contributed by atoms with Gasteiger partial charge >= 0.3 is 11.9 Å². The Bertz CT molecular complexity index is 2300. The van der Waals surface area contributed by atoms with Crippen LogP contribution in [0.3, 0.4) is 0 Å². The Kier molecular flexibility index (Phi) is 9.37. The smallest absolute Gasteiger partial charge is 0.338 e. The lowest BCUT2D eigenvalue weighted by molar-refractivity contribution is -0.130. The largest absolute Gasteiger partial charge is 0.423 e. The van der Waals surface area contributed by atoms with Gasteiger partial charge in [0.1, 0.15) is 11.5 Å². The van der Waals surface area contributed by atoms with E-state index >= 15 is 0 Å². The Labute approximate surface area is 303 Å². The molecule has 0 atom stereocenters. The summed E-state index contributed by atoms with van der Waals surface area (Å²) in [6.45, 7) is 10.7. The Morgan fingerprint density at radius 2 is 0.808 bits per heavy atom. The van der Waals surface area contributed by atoms with Crippen LogP contribution in [0.5, 0.6) is 11.5 Å². The van der Waals surface area contributed by atoms with Crippen molar-refractivity contribution >= 4 is 67.6 Å². The van der Waals surface area contributed by atoms with Gasteiger partial charge in [0.25, 0.3) is 0 Å². The first kappa shape index (κ1) is 33.6. The van der Waals surface area contributed by atoms with Gasteiger partial charge in [-0.3, -0.25) is 0 Å². The maximum absolute atomic E-state index is 12.5. The number of carbonyl (C=O) groups is 2. The van der Waals surface area contributed by atoms with E-state index in [1.165, 1.54) is 0 Å². The molecule has 0 aliphatic rings. The molecule has 254 valence electrons. The summed E-state index contributed by atoms with van der Waals surface area (Å²) in [5, 5.41) is 4.33. The Morgan fingerprint density at radius 1 is 0.442 bits per heavy atom. The van der Waals surface area contributed by atoms with Crippen molar-refractivity contribution < 1.29 is 19.1 Å². The number of anilines is 6. The van der Waals surface area contributed by atoms with Crippen molar-refractivity contribution in [1.82, 2.24) is 0 Å². The fourth-order valence-corrected chi connectivity index (χ4v) is 6.17. The summed E-state index contributed by atoms with van der Waals surface area (Å²) in [6.07, 6.45) is 0. The molecule has 0 spiro atoms. The lowest BCUT2D eigenvalue weighted by Gasteiger charge is -2.30. The second-order valence-corrected chi connectivity index (χ2v) is 12.5. The van der Waals surface area contributed by atoms with Gasteiger partial charge in [-0.25, -0.2) is 9.59 Å². The van der Waals surface area contributed by atoms with Crippen LogP contribution in [0.1, 0.15) is 13.8 Å². The molecule has 0 unspecified atom stereocenters. The molecule has 0 saturated carbocycles. The van der Waals surface area contributed by atoms with E-state index in [9.17, 15) is 9.59 Å². The average molecular weight is 681 g/mol. The van der Waals surface area contributed by atoms with E-state index in [1.54, 1.807) is 26.0 Å². The molecule has 6 nitrogen and oxygen atoms in total. The predicted octanol–water partition coefficient (Wildman–Crippen LogP) is 11.9. The molecule has 0 bridgehead atoms. The van der Waals surface area contributed by atoms with E-state index in [-0.39, 0.29) is 0 Å². The lowest BCUT2D eigenvalue weighted by atomic mass is 10.1. The van der Waals surface area contributed by atoms with Crippen molar-refractivity contribution in [1.29, 1.82) is 0 Å². The highest BCUT2D eigenvalue weighted by molar-refractivity contribution is 6.01. The zero-order valence-electron chi connectivity index (χ0n) is 29.0. The van der Waals surface area contributed by atoms with Gasteiger partial charge < -0.3 is 19.3 Å². The van der Waals surface area contributed by atoms with Crippen LogP contribution in [0.25, 0.3) is 21.5 Å². The molecule has 7 rings (SSSR count). The van der Waals surface area contributed by atoms with Crippen LogP contribution in [0.4, 0.5) is 34.1 Å². The molecule has 0 aliphatic carbocycles. The first-order chi connectivity index (χ1) is 25.3. The second kappa shape index (κ2) is 14.5. The van der Waals surface area contributed by atoms with Crippen molar-refractivity contribution in [3.63, 3.8) is 0 Å². The van der Waals surface area contributed by atoms with Gasteiger partial charge in [-0.05, 0) is 85.3 Å². The van der Waals surface area contributed by atoms with Crippen molar-refractivity contribution in [2.75, 3.05) is 9.80 Å². The zero-order chi connectivity index (χ0) is 36.2. The standard InChI is InChI=1S/C46H36N2O4/c1-31(2)45(49)51-39-19-11-17-37(29-39)47(43-23-9-15-33-13-5-7-21-41(33)43)35-25-27-36(28-26-35)48(44-24-10-16-34-14-6-8-22-42(34)44)38-18-12-20-40(30-38)52-46(50)32(3)4/h5-30H,1,3H2,2,4H3. The minimum absolute atomic E-state index is 0.321. The summed E-state index contributed by atoms with van der Waals surface area (Å²) in [4.78, 5) is 29.2. The number of hydrogen-bond acceptors (Lipinski definition) is 6. The van der Waals surface area contributed by atoms with Crippen LogP contribution in [-0.4, -0.2) is 11.9 Å². The number of ether oxygens (including phenoxy) is 2. The van der Waals surface area contributed by atoms with Crippen molar-refractivity contribution in [2.45, 2.75) is 13.8 Å². The Balaban J connectivity index is 1.37. The summed E-state index contributed by atoms with van der Waals surface area (Å²) in [5.41, 5.74) is 5.99. The highest BCUT2D eigenvalue weighted by Crippen LogP contribution is 2.43. The van der Waals surface area contributed by atoms with Crippen LogP contribution in [0.15, 0.2) is 182 Å². The highest BCUT2D eigenvalue weighted by Gasteiger charge is 2.20. The number of carbonyl (C=O) groups excluding carboxylic acids is 2. The summed E-state index contributed by atoms with van der Waals surface area (Å²) in [5.74, 6) is -0.126. The van der Waals surface area contributed by atoms with Crippen LogP contribution in [-0.2, 0) is 9.59 Å². The summed E-state index contributed by atoms with van der Waals surface area (Å²) < 4.78 is 11.3. The van der Waals surface area contributed by atoms with Crippen LogP contribution in [0.2, 0.25) is 0 Å². The Hall–Kier alpha value is -6.92. The minimum atomic E-state index is -0.481. The molecular formula is C46H36N2O4. The zero-order valence-corrected chi connectivity index (χ0v) is 29.0. The number of benzene rings is 7. The van der Waals surface area contributed by atoms with E-state index in [0.29, 0.717) is 22.6 Å². The number of hydrogen-bond donors (Lipinski definition) is 0. The van der Waals surface area contributed by atoms with Gasteiger partial charge in [-0.2, -0.15) is 0 Å². The number of esters is 2. The van der Waals surface area contributed by atoms with E-state index < -0.39 is 11.9 Å². The fraction of sp³-hybridized carbons (Fsp3) is 0.0435. The van der Waals surface area contributed by atoms with Gasteiger partial charge in [0, 0.05) is 56.8 Å².